The second-order valence-electron chi connectivity index (χ2n) is 4.87. The quantitative estimate of drug-likeness (QED) is 0.879. The first-order valence-corrected chi connectivity index (χ1v) is 7.00. The highest BCUT2D eigenvalue weighted by Crippen LogP contribution is 2.31. The van der Waals surface area contributed by atoms with Gasteiger partial charge in [-0.05, 0) is 32.0 Å². The molecule has 0 saturated carbocycles. The first-order chi connectivity index (χ1) is 9.93. The second kappa shape index (κ2) is 6.10. The van der Waals surface area contributed by atoms with Gasteiger partial charge in [-0.25, -0.2) is 0 Å². The molecule has 1 heterocycles. The molecule has 2 aromatic rings. The molecule has 110 valence electrons. The van der Waals surface area contributed by atoms with Crippen molar-refractivity contribution in [1.82, 2.24) is 4.98 Å². The summed E-state index contributed by atoms with van der Waals surface area (Å²) in [5.41, 5.74) is 10.4. The van der Waals surface area contributed by atoms with Crippen LogP contribution in [0, 0.1) is 13.8 Å². The van der Waals surface area contributed by atoms with E-state index in [1.807, 2.05) is 56.1 Å². The number of ether oxygens (including phenoxy) is 1. The summed E-state index contributed by atoms with van der Waals surface area (Å²) in [5.74, 6) is 0.804. The van der Waals surface area contributed by atoms with Gasteiger partial charge in [0.25, 0.3) is 0 Å². The molecule has 0 amide bonds. The normalized spacial score (nSPS) is 10.3. The number of nitrogens with two attached hydrogens (primary N) is 1. The molecule has 0 atom stereocenters. The molecule has 1 aromatic carbocycles. The number of benzene rings is 1. The molecular formula is C16H19N3OS. The number of methoxy groups -OCH3 is 1. The lowest BCUT2D eigenvalue weighted by molar-refractivity contribution is 0.415. The zero-order chi connectivity index (χ0) is 15.6. The van der Waals surface area contributed by atoms with Crippen molar-refractivity contribution in [3.8, 4) is 5.75 Å². The minimum atomic E-state index is 0.352. The van der Waals surface area contributed by atoms with Gasteiger partial charge in [-0.2, -0.15) is 0 Å². The van der Waals surface area contributed by atoms with Crippen LogP contribution < -0.4 is 15.4 Å². The molecule has 2 rings (SSSR count). The van der Waals surface area contributed by atoms with Crippen molar-refractivity contribution in [3.63, 3.8) is 0 Å². The molecule has 0 radical (unpaired) electrons. The lowest BCUT2D eigenvalue weighted by Crippen LogP contribution is -2.20. The van der Waals surface area contributed by atoms with E-state index in [2.05, 4.69) is 4.98 Å². The summed E-state index contributed by atoms with van der Waals surface area (Å²) in [6, 6.07) is 9.83. The summed E-state index contributed by atoms with van der Waals surface area (Å²) in [5, 5.41) is 0. The summed E-state index contributed by atoms with van der Waals surface area (Å²) in [4.78, 5) is 6.84. The maximum atomic E-state index is 5.88. The Morgan fingerprint density at radius 1 is 1.29 bits per heavy atom. The van der Waals surface area contributed by atoms with Crippen LogP contribution in [0.15, 0.2) is 30.3 Å². The highest BCUT2D eigenvalue weighted by Gasteiger charge is 2.16. The topological polar surface area (TPSA) is 51.4 Å². The minimum absolute atomic E-state index is 0.352. The fraction of sp³-hybridized carbons (Fsp3) is 0.250. The van der Waals surface area contributed by atoms with Gasteiger partial charge in [-0.15, -0.1) is 0 Å². The zero-order valence-electron chi connectivity index (χ0n) is 12.7. The van der Waals surface area contributed by atoms with Crippen LogP contribution in [0.25, 0.3) is 0 Å². The van der Waals surface area contributed by atoms with E-state index >= 15 is 0 Å². The number of hydrogen-bond acceptors (Lipinski definition) is 4. The van der Waals surface area contributed by atoms with Crippen LogP contribution in [0.5, 0.6) is 5.75 Å². The molecule has 2 N–H and O–H groups in total. The zero-order valence-corrected chi connectivity index (χ0v) is 13.5. The van der Waals surface area contributed by atoms with Crippen molar-refractivity contribution in [2.75, 3.05) is 19.1 Å². The Kier molecular flexibility index (Phi) is 4.43. The van der Waals surface area contributed by atoms with E-state index in [4.69, 9.17) is 22.7 Å². The fourth-order valence-electron chi connectivity index (χ4n) is 2.34. The molecule has 0 fully saturated rings. The number of thiocarbonyl (C=S) groups is 1. The van der Waals surface area contributed by atoms with Gasteiger partial charge < -0.3 is 15.4 Å². The van der Waals surface area contributed by atoms with Crippen molar-refractivity contribution in [3.05, 3.63) is 47.3 Å². The average molecular weight is 301 g/mol. The highest BCUT2D eigenvalue weighted by atomic mass is 32.1. The molecule has 0 saturated heterocycles. The number of pyridine rings is 1. The van der Waals surface area contributed by atoms with Gasteiger partial charge in [0.15, 0.2) is 0 Å². The molecule has 0 unspecified atom stereocenters. The van der Waals surface area contributed by atoms with E-state index in [0.29, 0.717) is 4.99 Å². The van der Waals surface area contributed by atoms with Crippen LogP contribution in [0.1, 0.15) is 17.0 Å². The smallest absolute Gasteiger partial charge is 0.120 e. The van der Waals surface area contributed by atoms with Gasteiger partial charge in [0.1, 0.15) is 10.7 Å². The van der Waals surface area contributed by atoms with Crippen molar-refractivity contribution in [2.24, 2.45) is 5.73 Å². The molecule has 0 aliphatic rings. The monoisotopic (exact) mass is 301 g/mol. The molecule has 0 spiro atoms. The summed E-state index contributed by atoms with van der Waals surface area (Å²) < 4.78 is 5.28. The van der Waals surface area contributed by atoms with Crippen LogP contribution in [0.2, 0.25) is 0 Å². The Bertz CT molecular complexity index is 685. The minimum Gasteiger partial charge on any atom is -0.497 e. The molecule has 0 aliphatic carbocycles. The third kappa shape index (κ3) is 3.13. The summed E-state index contributed by atoms with van der Waals surface area (Å²) in [7, 11) is 3.63. The number of hydrogen-bond donors (Lipinski definition) is 1. The molecule has 21 heavy (non-hydrogen) atoms. The first kappa shape index (κ1) is 15.3. The van der Waals surface area contributed by atoms with Crippen LogP contribution in [-0.2, 0) is 0 Å². The summed E-state index contributed by atoms with van der Waals surface area (Å²) in [6.07, 6.45) is 0. The van der Waals surface area contributed by atoms with E-state index in [-0.39, 0.29) is 0 Å². The van der Waals surface area contributed by atoms with E-state index in [0.717, 1.165) is 34.1 Å². The molecule has 5 heteroatoms. The molecule has 0 aliphatic heterocycles. The van der Waals surface area contributed by atoms with E-state index < -0.39 is 0 Å². The fourth-order valence-corrected chi connectivity index (χ4v) is 2.59. The van der Waals surface area contributed by atoms with E-state index in [1.165, 1.54) is 0 Å². The second-order valence-corrected chi connectivity index (χ2v) is 5.31. The van der Waals surface area contributed by atoms with E-state index in [1.54, 1.807) is 7.11 Å². The maximum Gasteiger partial charge on any atom is 0.120 e. The van der Waals surface area contributed by atoms with Crippen molar-refractivity contribution in [2.45, 2.75) is 13.8 Å². The summed E-state index contributed by atoms with van der Waals surface area (Å²) >= 11 is 5.18. The van der Waals surface area contributed by atoms with E-state index in [9.17, 15) is 0 Å². The Morgan fingerprint density at radius 2 is 2.00 bits per heavy atom. The van der Waals surface area contributed by atoms with Crippen LogP contribution in [0.3, 0.4) is 0 Å². The standard InChI is InChI=1S/C16H19N3OS/c1-10-8-14(15(16(17)21)11(2)18-10)19(3)12-6-5-7-13(9-12)20-4/h5-9H,1-4H3,(H2,17,21). The van der Waals surface area contributed by atoms with Gasteiger partial charge in [0.2, 0.25) is 0 Å². The third-order valence-electron chi connectivity index (χ3n) is 3.36. The largest absolute Gasteiger partial charge is 0.497 e. The number of nitrogens with zero attached hydrogens (tertiary/aromatic N) is 2. The average Bonchev–Trinajstić information content (AvgIpc) is 2.45. The van der Waals surface area contributed by atoms with Gasteiger partial charge in [0.05, 0.1) is 18.4 Å². The molecule has 4 nitrogen and oxygen atoms in total. The Morgan fingerprint density at radius 3 is 2.62 bits per heavy atom. The van der Waals surface area contributed by atoms with Crippen molar-refractivity contribution < 1.29 is 4.74 Å². The summed E-state index contributed by atoms with van der Waals surface area (Å²) in [6.45, 7) is 3.88. The highest BCUT2D eigenvalue weighted by molar-refractivity contribution is 7.80. The number of aryl methyl sites for hydroxylation is 2. The predicted molar refractivity (Wildman–Crippen MR) is 90.7 cm³/mol. The van der Waals surface area contributed by atoms with Gasteiger partial charge >= 0.3 is 0 Å². The van der Waals surface area contributed by atoms with Crippen LogP contribution in [0.4, 0.5) is 11.4 Å². The number of rotatable bonds is 4. The lowest BCUT2D eigenvalue weighted by atomic mass is 10.1. The Labute approximate surface area is 130 Å². The molecular weight excluding hydrogens is 282 g/mol. The SMILES string of the molecule is COc1cccc(N(C)c2cc(C)nc(C)c2C(N)=S)c1. The van der Waals surface area contributed by atoms with Gasteiger partial charge in [-0.1, -0.05) is 18.3 Å². The van der Waals surface area contributed by atoms with Crippen molar-refractivity contribution >= 4 is 28.6 Å². The third-order valence-corrected chi connectivity index (χ3v) is 3.56. The Balaban J connectivity index is 2.56. The first-order valence-electron chi connectivity index (χ1n) is 6.60. The van der Waals surface area contributed by atoms with Crippen molar-refractivity contribution in [1.29, 1.82) is 0 Å². The molecule has 1 aromatic heterocycles. The molecule has 0 bridgehead atoms. The van der Waals surface area contributed by atoms with Crippen LogP contribution >= 0.6 is 12.2 Å². The Hall–Kier alpha value is -2.14. The predicted octanol–water partition coefficient (Wildman–Crippen LogP) is 3.11. The number of aromatic nitrogens is 1. The van der Waals surface area contributed by atoms with Crippen LogP contribution in [-0.4, -0.2) is 24.1 Å². The number of anilines is 2. The maximum absolute atomic E-state index is 5.88. The lowest BCUT2D eigenvalue weighted by Gasteiger charge is -2.24. The van der Waals surface area contributed by atoms with Gasteiger partial charge in [0, 0.05) is 30.2 Å². The van der Waals surface area contributed by atoms with Gasteiger partial charge in [-0.3, -0.25) is 4.98 Å².